The van der Waals surface area contributed by atoms with Gasteiger partial charge in [-0.15, -0.1) is 0 Å². The van der Waals surface area contributed by atoms with Gasteiger partial charge in [0.15, 0.2) is 0 Å². The molecule has 0 aromatic carbocycles. The first-order valence-electron chi connectivity index (χ1n) is 8.09. The maximum atomic E-state index is 12.8. The molecular formula is C15H25N3O3. The van der Waals surface area contributed by atoms with Crippen molar-refractivity contribution in [2.75, 3.05) is 26.2 Å². The van der Waals surface area contributed by atoms with Crippen molar-refractivity contribution < 1.29 is 14.7 Å². The van der Waals surface area contributed by atoms with Crippen molar-refractivity contribution in [1.29, 1.82) is 0 Å². The molecule has 3 aliphatic heterocycles. The van der Waals surface area contributed by atoms with Crippen molar-refractivity contribution in [1.82, 2.24) is 14.7 Å². The molecule has 0 radical (unpaired) electrons. The van der Waals surface area contributed by atoms with Crippen molar-refractivity contribution in [3.05, 3.63) is 0 Å². The van der Waals surface area contributed by atoms with E-state index in [1.54, 1.807) is 4.90 Å². The number of carbonyl (C=O) groups is 2. The average Bonchev–Trinajstić information content (AvgIpc) is 3.04. The van der Waals surface area contributed by atoms with Crippen molar-refractivity contribution in [3.63, 3.8) is 0 Å². The van der Waals surface area contributed by atoms with Crippen molar-refractivity contribution in [2.24, 2.45) is 0 Å². The third-order valence-corrected chi connectivity index (χ3v) is 5.22. The van der Waals surface area contributed by atoms with E-state index in [0.29, 0.717) is 12.6 Å². The van der Waals surface area contributed by atoms with Crippen LogP contribution >= 0.6 is 0 Å². The molecule has 3 aliphatic rings. The highest BCUT2D eigenvalue weighted by atomic mass is 16.4. The van der Waals surface area contributed by atoms with E-state index in [0.717, 1.165) is 32.5 Å². The number of likely N-dealkylation sites (tertiary alicyclic amines) is 1. The molecule has 3 fully saturated rings. The summed E-state index contributed by atoms with van der Waals surface area (Å²) in [5, 5.41) is 9.00. The fourth-order valence-corrected chi connectivity index (χ4v) is 4.12. The molecule has 2 amide bonds. The number of fused-ring (bicyclic) bond motifs is 1. The van der Waals surface area contributed by atoms with Gasteiger partial charge in [0, 0.05) is 37.8 Å². The number of carboxylic acids is 1. The van der Waals surface area contributed by atoms with Crippen LogP contribution in [0.2, 0.25) is 0 Å². The highest BCUT2D eigenvalue weighted by Crippen LogP contribution is 2.28. The summed E-state index contributed by atoms with van der Waals surface area (Å²) in [6.07, 6.45) is 4.21. The summed E-state index contributed by atoms with van der Waals surface area (Å²) < 4.78 is 0. The van der Waals surface area contributed by atoms with E-state index in [-0.39, 0.29) is 24.5 Å². The molecule has 3 atom stereocenters. The van der Waals surface area contributed by atoms with Gasteiger partial charge in [0.05, 0.1) is 6.42 Å². The van der Waals surface area contributed by atoms with Crippen LogP contribution in [-0.4, -0.2) is 76.1 Å². The fourth-order valence-electron chi connectivity index (χ4n) is 4.12. The van der Waals surface area contributed by atoms with Crippen LogP contribution in [0.5, 0.6) is 0 Å². The van der Waals surface area contributed by atoms with Gasteiger partial charge in [-0.2, -0.15) is 0 Å². The Morgan fingerprint density at radius 2 is 1.86 bits per heavy atom. The minimum Gasteiger partial charge on any atom is -0.481 e. The molecule has 6 heteroatoms. The van der Waals surface area contributed by atoms with Crippen molar-refractivity contribution >= 4 is 12.0 Å². The molecule has 118 valence electrons. The summed E-state index contributed by atoms with van der Waals surface area (Å²) in [5.74, 6) is -0.812. The summed E-state index contributed by atoms with van der Waals surface area (Å²) in [4.78, 5) is 30.1. The molecular weight excluding hydrogens is 270 g/mol. The third kappa shape index (κ3) is 2.86. The number of carbonyl (C=O) groups excluding carboxylic acids is 1. The van der Waals surface area contributed by atoms with E-state index in [4.69, 9.17) is 5.11 Å². The van der Waals surface area contributed by atoms with Crippen LogP contribution in [0.15, 0.2) is 0 Å². The van der Waals surface area contributed by atoms with Crippen molar-refractivity contribution in [2.45, 2.75) is 57.2 Å². The van der Waals surface area contributed by atoms with E-state index < -0.39 is 5.97 Å². The number of rotatable bonds is 2. The molecule has 3 saturated heterocycles. The minimum absolute atomic E-state index is 0.0535. The van der Waals surface area contributed by atoms with Gasteiger partial charge in [0.25, 0.3) is 0 Å². The van der Waals surface area contributed by atoms with E-state index in [1.807, 2.05) is 4.90 Å². The number of hydrogen-bond acceptors (Lipinski definition) is 3. The van der Waals surface area contributed by atoms with Crippen LogP contribution in [0.1, 0.15) is 39.0 Å². The number of urea groups is 1. The summed E-state index contributed by atoms with van der Waals surface area (Å²) in [7, 11) is 0. The van der Waals surface area contributed by atoms with Crippen LogP contribution in [0.4, 0.5) is 4.79 Å². The van der Waals surface area contributed by atoms with Crippen LogP contribution in [0.3, 0.4) is 0 Å². The lowest BCUT2D eigenvalue weighted by Crippen LogP contribution is -2.60. The second-order valence-electron chi connectivity index (χ2n) is 6.66. The van der Waals surface area contributed by atoms with Gasteiger partial charge in [-0.25, -0.2) is 4.79 Å². The molecule has 3 heterocycles. The molecule has 3 unspecified atom stereocenters. The van der Waals surface area contributed by atoms with Crippen LogP contribution in [-0.2, 0) is 4.79 Å². The van der Waals surface area contributed by atoms with E-state index in [2.05, 4.69) is 11.8 Å². The summed E-state index contributed by atoms with van der Waals surface area (Å²) >= 11 is 0. The Hall–Kier alpha value is -1.30. The Morgan fingerprint density at radius 1 is 1.10 bits per heavy atom. The number of aliphatic carboxylic acids is 1. The lowest BCUT2D eigenvalue weighted by molar-refractivity contribution is -0.138. The van der Waals surface area contributed by atoms with Gasteiger partial charge < -0.3 is 14.9 Å². The molecule has 0 saturated carbocycles. The average molecular weight is 295 g/mol. The first-order valence-corrected chi connectivity index (χ1v) is 8.09. The standard InChI is InChI=1S/C15H25N3O3/c1-11-9-16-6-2-5-13(16)10-18(11)15(21)17-7-3-4-12(17)8-14(19)20/h11-13H,2-10H2,1H3,(H,19,20). The third-order valence-electron chi connectivity index (χ3n) is 5.22. The zero-order valence-corrected chi connectivity index (χ0v) is 12.7. The Balaban J connectivity index is 1.67. The quantitative estimate of drug-likeness (QED) is 0.832. The molecule has 0 spiro atoms. The van der Waals surface area contributed by atoms with Gasteiger partial charge in [-0.1, -0.05) is 0 Å². The predicted octanol–water partition coefficient (Wildman–Crippen LogP) is 1.21. The fraction of sp³-hybridized carbons (Fsp3) is 0.867. The number of amides is 2. The minimum atomic E-state index is -0.812. The lowest BCUT2D eigenvalue weighted by atomic mass is 10.1. The Morgan fingerprint density at radius 3 is 2.62 bits per heavy atom. The Labute approximate surface area is 125 Å². The normalized spacial score (nSPS) is 33.3. The highest BCUT2D eigenvalue weighted by Gasteiger charge is 2.40. The van der Waals surface area contributed by atoms with Crippen LogP contribution in [0.25, 0.3) is 0 Å². The molecule has 0 bridgehead atoms. The van der Waals surface area contributed by atoms with E-state index >= 15 is 0 Å². The van der Waals surface area contributed by atoms with E-state index in [1.165, 1.54) is 12.8 Å². The first kappa shape index (κ1) is 14.6. The van der Waals surface area contributed by atoms with Crippen LogP contribution in [0, 0.1) is 0 Å². The highest BCUT2D eigenvalue weighted by molar-refractivity contribution is 5.77. The molecule has 21 heavy (non-hydrogen) atoms. The smallest absolute Gasteiger partial charge is 0.320 e. The maximum Gasteiger partial charge on any atom is 0.320 e. The summed E-state index contributed by atoms with van der Waals surface area (Å²) in [6.45, 7) is 5.72. The summed E-state index contributed by atoms with van der Waals surface area (Å²) in [5.41, 5.74) is 0. The monoisotopic (exact) mass is 295 g/mol. The Bertz CT molecular complexity index is 428. The second-order valence-corrected chi connectivity index (χ2v) is 6.66. The number of carboxylic acid groups (broad SMARTS) is 1. The summed E-state index contributed by atoms with van der Waals surface area (Å²) in [6, 6.07) is 0.658. The topological polar surface area (TPSA) is 64.1 Å². The number of nitrogens with zero attached hydrogens (tertiary/aromatic N) is 3. The zero-order chi connectivity index (χ0) is 15.0. The van der Waals surface area contributed by atoms with Gasteiger partial charge in [-0.3, -0.25) is 9.69 Å². The van der Waals surface area contributed by atoms with Gasteiger partial charge >= 0.3 is 12.0 Å². The second kappa shape index (κ2) is 5.83. The number of hydrogen-bond donors (Lipinski definition) is 1. The van der Waals surface area contributed by atoms with Gasteiger partial charge in [0.1, 0.15) is 0 Å². The van der Waals surface area contributed by atoms with E-state index in [9.17, 15) is 9.59 Å². The maximum absolute atomic E-state index is 12.8. The SMILES string of the molecule is CC1CN2CCCC2CN1C(=O)N1CCCC1CC(=O)O. The Kier molecular flexibility index (Phi) is 4.06. The number of piperazine rings is 1. The molecule has 0 aromatic rings. The lowest BCUT2D eigenvalue weighted by Gasteiger charge is -2.44. The first-order chi connectivity index (χ1) is 10.1. The molecule has 0 aliphatic carbocycles. The molecule has 6 nitrogen and oxygen atoms in total. The molecule has 0 aromatic heterocycles. The molecule has 3 rings (SSSR count). The molecule has 1 N–H and O–H groups in total. The van der Waals surface area contributed by atoms with Crippen LogP contribution < -0.4 is 0 Å². The van der Waals surface area contributed by atoms with Gasteiger partial charge in [0.2, 0.25) is 0 Å². The largest absolute Gasteiger partial charge is 0.481 e. The van der Waals surface area contributed by atoms with Gasteiger partial charge in [-0.05, 0) is 39.2 Å². The zero-order valence-electron chi connectivity index (χ0n) is 12.7. The predicted molar refractivity (Wildman–Crippen MR) is 78.1 cm³/mol. The van der Waals surface area contributed by atoms with Crippen molar-refractivity contribution in [3.8, 4) is 0 Å².